The molecule has 0 aromatic rings. The van der Waals surface area contributed by atoms with Crippen molar-refractivity contribution in [3.63, 3.8) is 0 Å². The lowest BCUT2D eigenvalue weighted by Gasteiger charge is -2.17. The quantitative estimate of drug-likeness (QED) is 0.359. The highest BCUT2D eigenvalue weighted by Crippen LogP contribution is 2.01. The molecule has 0 radical (unpaired) electrons. The summed E-state index contributed by atoms with van der Waals surface area (Å²) < 4.78 is 0. The van der Waals surface area contributed by atoms with E-state index in [-0.39, 0.29) is 13.0 Å². The molecule has 0 heterocycles. The molecule has 0 spiro atoms. The number of urea groups is 1. The van der Waals surface area contributed by atoms with Gasteiger partial charge in [-0.1, -0.05) is 0 Å². The number of aliphatic hydroxyl groups is 1. The zero-order valence-corrected chi connectivity index (χ0v) is 11.4. The van der Waals surface area contributed by atoms with E-state index in [1.54, 1.807) is 0 Å². The molecule has 3 amide bonds. The zero-order valence-electron chi connectivity index (χ0n) is 10.6. The zero-order chi connectivity index (χ0) is 14.8. The van der Waals surface area contributed by atoms with Crippen LogP contribution in [0.2, 0.25) is 0 Å². The molecule has 0 fully saturated rings. The predicted molar refractivity (Wildman–Crippen MR) is 70.8 cm³/mol. The maximum absolute atomic E-state index is 11.7. The number of hydrogen-bond donors (Lipinski definition) is 5. The molecule has 6 N–H and O–H groups in total. The van der Waals surface area contributed by atoms with E-state index in [0.29, 0.717) is 12.2 Å². The Balaban J connectivity index is 4.16. The van der Waals surface area contributed by atoms with Gasteiger partial charge in [0.2, 0.25) is 5.91 Å². The smallest absolute Gasteiger partial charge is 0.332 e. The lowest BCUT2D eigenvalue weighted by molar-refractivity contribution is -0.147. The molecule has 0 aliphatic heterocycles. The molecule has 0 bridgehead atoms. The van der Waals surface area contributed by atoms with Gasteiger partial charge in [0.15, 0.2) is 6.10 Å². The van der Waals surface area contributed by atoms with Crippen LogP contribution in [0, 0.1) is 0 Å². The Kier molecular flexibility index (Phi) is 8.71. The second kappa shape index (κ2) is 9.45. The van der Waals surface area contributed by atoms with Gasteiger partial charge in [-0.2, -0.15) is 11.8 Å². The first-order chi connectivity index (χ1) is 8.88. The second-order valence-corrected chi connectivity index (χ2v) is 4.76. The van der Waals surface area contributed by atoms with E-state index in [9.17, 15) is 14.4 Å². The number of thioether (sulfide) groups is 1. The Labute approximate surface area is 115 Å². The third kappa shape index (κ3) is 8.27. The fourth-order valence-electron chi connectivity index (χ4n) is 1.25. The van der Waals surface area contributed by atoms with Crippen LogP contribution in [0.4, 0.5) is 4.79 Å². The first-order valence-electron chi connectivity index (χ1n) is 5.62. The topological polar surface area (TPSA) is 142 Å². The molecular formula is C10H19N3O5S. The van der Waals surface area contributed by atoms with Gasteiger partial charge >= 0.3 is 12.0 Å². The van der Waals surface area contributed by atoms with Gasteiger partial charge in [-0.05, 0) is 18.4 Å². The Morgan fingerprint density at radius 1 is 1.32 bits per heavy atom. The van der Waals surface area contributed by atoms with Crippen molar-refractivity contribution in [2.24, 2.45) is 5.73 Å². The predicted octanol–water partition coefficient (Wildman–Crippen LogP) is -1.27. The van der Waals surface area contributed by atoms with Gasteiger partial charge in [0.1, 0.15) is 6.04 Å². The molecule has 0 aromatic carbocycles. The van der Waals surface area contributed by atoms with Gasteiger partial charge in [0.25, 0.3) is 0 Å². The summed E-state index contributed by atoms with van der Waals surface area (Å²) in [4.78, 5) is 32.8. The van der Waals surface area contributed by atoms with Crippen molar-refractivity contribution in [1.82, 2.24) is 10.6 Å². The average Bonchev–Trinajstić information content (AvgIpc) is 2.33. The van der Waals surface area contributed by atoms with E-state index >= 15 is 0 Å². The molecular weight excluding hydrogens is 274 g/mol. The highest BCUT2D eigenvalue weighted by atomic mass is 32.2. The summed E-state index contributed by atoms with van der Waals surface area (Å²) >= 11 is 1.52. The Bertz CT molecular complexity index is 326. The van der Waals surface area contributed by atoms with E-state index in [2.05, 4.69) is 10.6 Å². The standard InChI is InChI=1S/C10H19N3O5S/c1-19-5-3-6(13-10(11)18)8(15)12-4-2-7(14)9(16)17/h6-7,14H,2-5H2,1H3,(H,12,15)(H,16,17)(H3,11,13,18)/t6?,7-/m0/s1. The summed E-state index contributed by atoms with van der Waals surface area (Å²) in [5.41, 5.74) is 4.96. The number of aliphatic carboxylic acids is 1. The van der Waals surface area contributed by atoms with Crippen LogP contribution >= 0.6 is 11.8 Å². The maximum Gasteiger partial charge on any atom is 0.332 e. The molecule has 0 saturated heterocycles. The molecule has 0 aromatic heterocycles. The molecule has 2 atom stereocenters. The number of carbonyl (C=O) groups excluding carboxylic acids is 2. The number of nitrogens with one attached hydrogen (secondary N) is 2. The van der Waals surface area contributed by atoms with E-state index in [1.165, 1.54) is 11.8 Å². The number of hydrogen-bond acceptors (Lipinski definition) is 5. The Morgan fingerprint density at radius 2 is 1.95 bits per heavy atom. The number of rotatable bonds is 9. The normalized spacial score (nSPS) is 13.4. The molecule has 0 saturated carbocycles. The van der Waals surface area contributed by atoms with Crippen LogP contribution in [0.3, 0.4) is 0 Å². The number of primary amides is 1. The summed E-state index contributed by atoms with van der Waals surface area (Å²) in [5, 5.41) is 22.2. The lowest BCUT2D eigenvalue weighted by Crippen LogP contribution is -2.49. The Morgan fingerprint density at radius 3 is 2.42 bits per heavy atom. The van der Waals surface area contributed by atoms with Gasteiger partial charge in [0, 0.05) is 13.0 Å². The number of amides is 3. The number of carboxylic acids is 1. The van der Waals surface area contributed by atoms with Crippen LogP contribution in [-0.2, 0) is 9.59 Å². The van der Waals surface area contributed by atoms with Crippen molar-refractivity contribution in [2.75, 3.05) is 18.6 Å². The highest BCUT2D eigenvalue weighted by Gasteiger charge is 2.20. The fraction of sp³-hybridized carbons (Fsp3) is 0.700. The molecule has 0 aliphatic rings. The summed E-state index contributed by atoms with van der Waals surface area (Å²) in [6.07, 6.45) is 0.654. The second-order valence-electron chi connectivity index (χ2n) is 3.78. The minimum Gasteiger partial charge on any atom is -0.479 e. The number of carbonyl (C=O) groups is 3. The van der Waals surface area contributed by atoms with Crippen LogP contribution in [0.1, 0.15) is 12.8 Å². The van der Waals surface area contributed by atoms with Gasteiger partial charge in [-0.15, -0.1) is 0 Å². The summed E-state index contributed by atoms with van der Waals surface area (Å²) in [7, 11) is 0. The van der Waals surface area contributed by atoms with E-state index in [4.69, 9.17) is 15.9 Å². The van der Waals surface area contributed by atoms with Gasteiger partial charge in [-0.25, -0.2) is 9.59 Å². The van der Waals surface area contributed by atoms with Gasteiger partial charge in [-0.3, -0.25) is 4.79 Å². The third-order valence-electron chi connectivity index (χ3n) is 2.25. The first kappa shape index (κ1) is 17.5. The fourth-order valence-corrected chi connectivity index (χ4v) is 1.73. The minimum absolute atomic E-state index is 0.00249. The summed E-state index contributed by atoms with van der Waals surface area (Å²) in [6, 6.07) is -1.56. The monoisotopic (exact) mass is 293 g/mol. The molecule has 0 rings (SSSR count). The molecule has 19 heavy (non-hydrogen) atoms. The number of aliphatic hydroxyl groups excluding tert-OH is 1. The maximum atomic E-state index is 11.7. The molecule has 1 unspecified atom stereocenters. The van der Waals surface area contributed by atoms with E-state index < -0.39 is 30.1 Å². The van der Waals surface area contributed by atoms with Gasteiger partial charge in [0.05, 0.1) is 0 Å². The summed E-state index contributed by atoms with van der Waals surface area (Å²) in [6.45, 7) is 0.00249. The number of nitrogens with two attached hydrogens (primary N) is 1. The molecule has 110 valence electrons. The average molecular weight is 293 g/mol. The van der Waals surface area contributed by atoms with Crippen LogP contribution in [-0.4, -0.2) is 58.8 Å². The third-order valence-corrected chi connectivity index (χ3v) is 2.89. The molecule has 9 heteroatoms. The minimum atomic E-state index is -1.52. The van der Waals surface area contributed by atoms with E-state index in [1.807, 2.05) is 6.26 Å². The van der Waals surface area contributed by atoms with Crippen LogP contribution in [0.5, 0.6) is 0 Å². The van der Waals surface area contributed by atoms with Crippen molar-refractivity contribution < 1.29 is 24.6 Å². The van der Waals surface area contributed by atoms with Crippen LogP contribution < -0.4 is 16.4 Å². The van der Waals surface area contributed by atoms with Crippen molar-refractivity contribution in [3.8, 4) is 0 Å². The van der Waals surface area contributed by atoms with Crippen molar-refractivity contribution in [1.29, 1.82) is 0 Å². The highest BCUT2D eigenvalue weighted by molar-refractivity contribution is 7.98. The SMILES string of the molecule is CSCCC(NC(N)=O)C(=O)NCC[C@H](O)C(=O)O. The largest absolute Gasteiger partial charge is 0.479 e. The van der Waals surface area contributed by atoms with Crippen molar-refractivity contribution in [2.45, 2.75) is 25.0 Å². The van der Waals surface area contributed by atoms with Crippen molar-refractivity contribution >= 4 is 29.7 Å². The van der Waals surface area contributed by atoms with Crippen LogP contribution in [0.25, 0.3) is 0 Å². The van der Waals surface area contributed by atoms with Crippen LogP contribution in [0.15, 0.2) is 0 Å². The Hall–Kier alpha value is -1.48. The van der Waals surface area contributed by atoms with E-state index in [0.717, 1.165) is 0 Å². The van der Waals surface area contributed by atoms with Crippen molar-refractivity contribution in [3.05, 3.63) is 0 Å². The number of carboxylic acid groups (broad SMARTS) is 1. The van der Waals surface area contributed by atoms with Gasteiger partial charge < -0.3 is 26.6 Å². The lowest BCUT2D eigenvalue weighted by atomic mass is 10.2. The first-order valence-corrected chi connectivity index (χ1v) is 7.01. The molecule has 0 aliphatic carbocycles. The molecule has 8 nitrogen and oxygen atoms in total. The summed E-state index contributed by atoms with van der Waals surface area (Å²) in [5.74, 6) is -1.13.